The predicted octanol–water partition coefficient (Wildman–Crippen LogP) is 5.77. The first-order valence-electron chi connectivity index (χ1n) is 9.41. The molecule has 0 aliphatic carbocycles. The molecule has 0 aliphatic heterocycles. The van der Waals surface area contributed by atoms with Crippen LogP contribution in [-0.2, 0) is 0 Å². The number of nitrogens with zero attached hydrogens (tertiary/aromatic N) is 3. The summed E-state index contributed by atoms with van der Waals surface area (Å²) in [7, 11) is 1.65. The monoisotopic (exact) mass is 437 g/mol. The first kappa shape index (κ1) is 20.3. The molecule has 30 heavy (non-hydrogen) atoms. The fourth-order valence-corrected chi connectivity index (χ4v) is 3.82. The van der Waals surface area contributed by atoms with Gasteiger partial charge < -0.3 is 9.47 Å². The maximum absolute atomic E-state index is 6.05. The topological polar surface area (TPSA) is 49.2 Å². The van der Waals surface area contributed by atoms with Crippen molar-refractivity contribution >= 4 is 23.4 Å². The van der Waals surface area contributed by atoms with Crippen molar-refractivity contribution in [1.29, 1.82) is 0 Å². The number of benzene rings is 3. The van der Waals surface area contributed by atoms with Gasteiger partial charge >= 0.3 is 0 Å². The van der Waals surface area contributed by atoms with Crippen molar-refractivity contribution in [3.05, 3.63) is 83.9 Å². The summed E-state index contributed by atoms with van der Waals surface area (Å²) in [4.78, 5) is 0. The number of hydrogen-bond acceptors (Lipinski definition) is 5. The summed E-state index contributed by atoms with van der Waals surface area (Å²) in [5.41, 5.74) is 1.90. The Morgan fingerprint density at radius 1 is 0.867 bits per heavy atom. The van der Waals surface area contributed by atoms with Crippen LogP contribution in [0.15, 0.2) is 84.0 Å². The third-order valence-electron chi connectivity index (χ3n) is 4.39. The lowest BCUT2D eigenvalue weighted by atomic mass is 10.2. The minimum absolute atomic E-state index is 0.570. The van der Waals surface area contributed by atoms with Crippen LogP contribution < -0.4 is 9.47 Å². The summed E-state index contributed by atoms with van der Waals surface area (Å²) in [5, 5.41) is 10.4. The number of halogens is 1. The molecule has 7 heteroatoms. The zero-order chi connectivity index (χ0) is 20.8. The molecule has 0 amide bonds. The molecule has 0 N–H and O–H groups in total. The van der Waals surface area contributed by atoms with Crippen LogP contribution in [0.4, 0.5) is 0 Å². The summed E-state index contributed by atoms with van der Waals surface area (Å²) < 4.78 is 13.1. The van der Waals surface area contributed by atoms with E-state index in [0.717, 1.165) is 39.5 Å². The molecule has 0 spiro atoms. The van der Waals surface area contributed by atoms with Gasteiger partial charge in [-0.1, -0.05) is 41.6 Å². The van der Waals surface area contributed by atoms with Crippen molar-refractivity contribution in [2.75, 3.05) is 19.5 Å². The number of ether oxygens (including phenoxy) is 2. The third kappa shape index (κ3) is 4.78. The number of methoxy groups -OCH3 is 1. The summed E-state index contributed by atoms with van der Waals surface area (Å²) >= 11 is 7.65. The second kappa shape index (κ2) is 9.69. The predicted molar refractivity (Wildman–Crippen MR) is 121 cm³/mol. The van der Waals surface area contributed by atoms with E-state index in [1.54, 1.807) is 18.9 Å². The normalized spacial score (nSPS) is 10.7. The molecular weight excluding hydrogens is 418 g/mol. The Balaban J connectivity index is 1.58. The molecule has 0 bridgehead atoms. The van der Waals surface area contributed by atoms with Gasteiger partial charge in [0, 0.05) is 22.0 Å². The van der Waals surface area contributed by atoms with E-state index < -0.39 is 0 Å². The molecule has 4 aromatic rings. The fraction of sp³-hybridized carbons (Fsp3) is 0.130. The molecule has 0 fully saturated rings. The Kier molecular flexibility index (Phi) is 6.57. The lowest BCUT2D eigenvalue weighted by molar-refractivity contribution is 0.344. The molecule has 0 saturated carbocycles. The number of para-hydroxylation sites is 1. The molecule has 1 heterocycles. The van der Waals surface area contributed by atoms with Crippen molar-refractivity contribution in [3.63, 3.8) is 0 Å². The molecule has 152 valence electrons. The first-order valence-corrected chi connectivity index (χ1v) is 10.8. The second-order valence-electron chi connectivity index (χ2n) is 6.36. The maximum atomic E-state index is 6.05. The van der Waals surface area contributed by atoms with Crippen LogP contribution in [0.25, 0.3) is 17.1 Å². The van der Waals surface area contributed by atoms with Gasteiger partial charge in [-0.05, 0) is 60.7 Å². The van der Waals surface area contributed by atoms with Gasteiger partial charge in [0.05, 0.1) is 13.7 Å². The van der Waals surface area contributed by atoms with E-state index in [1.807, 2.05) is 83.4 Å². The Morgan fingerprint density at radius 2 is 1.60 bits per heavy atom. The van der Waals surface area contributed by atoms with E-state index in [-0.39, 0.29) is 0 Å². The zero-order valence-electron chi connectivity index (χ0n) is 16.4. The first-order chi connectivity index (χ1) is 14.7. The minimum atomic E-state index is 0.570. The minimum Gasteiger partial charge on any atom is -0.497 e. The van der Waals surface area contributed by atoms with Gasteiger partial charge in [0.15, 0.2) is 11.0 Å². The smallest absolute Gasteiger partial charge is 0.196 e. The number of rotatable bonds is 8. The summed E-state index contributed by atoms with van der Waals surface area (Å²) in [6.07, 6.45) is 0. The number of thioether (sulfide) groups is 1. The molecule has 1 aromatic heterocycles. The van der Waals surface area contributed by atoms with E-state index in [1.165, 1.54) is 0 Å². The Labute approximate surface area is 184 Å². The van der Waals surface area contributed by atoms with E-state index in [4.69, 9.17) is 21.1 Å². The van der Waals surface area contributed by atoms with E-state index in [9.17, 15) is 0 Å². The summed E-state index contributed by atoms with van der Waals surface area (Å²) in [5.74, 6) is 3.15. The number of hydrogen-bond donors (Lipinski definition) is 0. The van der Waals surface area contributed by atoms with Crippen molar-refractivity contribution in [1.82, 2.24) is 14.8 Å². The van der Waals surface area contributed by atoms with Crippen LogP contribution in [0, 0.1) is 0 Å². The summed E-state index contributed by atoms with van der Waals surface area (Å²) in [6, 6.07) is 25.2. The quantitative estimate of drug-likeness (QED) is 0.259. The Bertz CT molecular complexity index is 1080. The molecule has 0 radical (unpaired) electrons. The van der Waals surface area contributed by atoms with E-state index in [2.05, 4.69) is 10.2 Å². The molecule has 0 atom stereocenters. The van der Waals surface area contributed by atoms with Gasteiger partial charge in [-0.3, -0.25) is 4.57 Å². The lowest BCUT2D eigenvalue weighted by Gasteiger charge is -2.11. The second-order valence-corrected chi connectivity index (χ2v) is 7.85. The van der Waals surface area contributed by atoms with E-state index >= 15 is 0 Å². The van der Waals surface area contributed by atoms with Crippen LogP contribution in [0.5, 0.6) is 11.5 Å². The highest BCUT2D eigenvalue weighted by Gasteiger charge is 2.16. The summed E-state index contributed by atoms with van der Waals surface area (Å²) in [6.45, 7) is 0.570. The molecule has 5 nitrogen and oxygen atoms in total. The van der Waals surface area contributed by atoms with Crippen LogP contribution in [0.1, 0.15) is 0 Å². The number of aromatic nitrogens is 3. The van der Waals surface area contributed by atoms with E-state index in [0.29, 0.717) is 11.6 Å². The highest BCUT2D eigenvalue weighted by molar-refractivity contribution is 7.99. The van der Waals surface area contributed by atoms with Crippen molar-refractivity contribution < 1.29 is 9.47 Å². The standard InChI is InChI=1S/C23H20ClN3O2S/c1-28-20-13-11-19(12-14-20)27-22(17-7-9-18(24)10-8-17)25-26-23(27)30-16-15-29-21-5-3-2-4-6-21/h2-14H,15-16H2,1H3. The zero-order valence-corrected chi connectivity index (χ0v) is 17.9. The van der Waals surface area contributed by atoms with Crippen LogP contribution in [-0.4, -0.2) is 34.2 Å². The molecule has 3 aromatic carbocycles. The molecular formula is C23H20ClN3O2S. The Morgan fingerprint density at radius 3 is 2.30 bits per heavy atom. The van der Waals surface area contributed by atoms with Crippen LogP contribution >= 0.6 is 23.4 Å². The molecule has 0 saturated heterocycles. The van der Waals surface area contributed by atoms with Gasteiger partial charge in [-0.15, -0.1) is 10.2 Å². The molecule has 0 aliphatic rings. The maximum Gasteiger partial charge on any atom is 0.196 e. The molecule has 0 unspecified atom stereocenters. The third-order valence-corrected chi connectivity index (χ3v) is 5.54. The Hall–Kier alpha value is -2.96. The molecule has 4 rings (SSSR count). The van der Waals surface area contributed by atoms with Gasteiger partial charge in [0.2, 0.25) is 0 Å². The largest absolute Gasteiger partial charge is 0.497 e. The van der Waals surface area contributed by atoms with Crippen molar-refractivity contribution in [3.8, 4) is 28.6 Å². The van der Waals surface area contributed by atoms with Gasteiger partial charge in [-0.25, -0.2) is 0 Å². The van der Waals surface area contributed by atoms with Gasteiger partial charge in [0.25, 0.3) is 0 Å². The lowest BCUT2D eigenvalue weighted by Crippen LogP contribution is -2.03. The van der Waals surface area contributed by atoms with Crippen molar-refractivity contribution in [2.24, 2.45) is 0 Å². The SMILES string of the molecule is COc1ccc(-n2c(SCCOc3ccccc3)nnc2-c2ccc(Cl)cc2)cc1. The highest BCUT2D eigenvalue weighted by Crippen LogP contribution is 2.29. The van der Waals surface area contributed by atoms with Crippen LogP contribution in [0.2, 0.25) is 5.02 Å². The fourth-order valence-electron chi connectivity index (χ4n) is 2.92. The average molecular weight is 438 g/mol. The average Bonchev–Trinajstić information content (AvgIpc) is 3.22. The van der Waals surface area contributed by atoms with Gasteiger partial charge in [-0.2, -0.15) is 0 Å². The van der Waals surface area contributed by atoms with Crippen LogP contribution in [0.3, 0.4) is 0 Å². The van der Waals surface area contributed by atoms with Gasteiger partial charge in [0.1, 0.15) is 11.5 Å². The highest BCUT2D eigenvalue weighted by atomic mass is 35.5. The van der Waals surface area contributed by atoms with Crippen molar-refractivity contribution in [2.45, 2.75) is 5.16 Å².